The van der Waals surface area contributed by atoms with E-state index in [4.69, 9.17) is 11.6 Å². The Morgan fingerprint density at radius 1 is 1.44 bits per heavy atom. The highest BCUT2D eigenvalue weighted by Crippen LogP contribution is 2.30. The Kier molecular flexibility index (Phi) is 3.93. The van der Waals surface area contributed by atoms with Crippen molar-refractivity contribution in [1.82, 2.24) is 0 Å². The number of piperidine rings is 1. The molecule has 5 heteroatoms. The molecular formula is C11H10Br2ClNO. The topological polar surface area (TPSA) is 20.3 Å². The van der Waals surface area contributed by atoms with Crippen molar-refractivity contribution >= 4 is 55.1 Å². The number of anilines is 1. The second-order valence-corrected chi connectivity index (χ2v) is 6.06. The molecule has 1 aliphatic rings. The molecule has 0 aliphatic carbocycles. The Labute approximate surface area is 116 Å². The SMILES string of the molecule is O=C1C(Br)CCCN1c1ccc(Cl)c(Br)c1. The van der Waals surface area contributed by atoms with Crippen molar-refractivity contribution in [3.05, 3.63) is 27.7 Å². The van der Waals surface area contributed by atoms with Gasteiger partial charge < -0.3 is 4.90 Å². The van der Waals surface area contributed by atoms with E-state index in [-0.39, 0.29) is 10.7 Å². The molecule has 1 unspecified atom stereocenters. The molecule has 1 fully saturated rings. The zero-order valence-electron chi connectivity index (χ0n) is 8.42. The van der Waals surface area contributed by atoms with Crippen LogP contribution in [0.4, 0.5) is 5.69 Å². The molecule has 0 spiro atoms. The van der Waals surface area contributed by atoms with Gasteiger partial charge in [0, 0.05) is 16.7 Å². The van der Waals surface area contributed by atoms with Gasteiger partial charge in [-0.25, -0.2) is 0 Å². The molecule has 1 atom stereocenters. The number of hydrogen-bond donors (Lipinski definition) is 0. The first-order chi connectivity index (χ1) is 7.59. The highest BCUT2D eigenvalue weighted by Gasteiger charge is 2.27. The van der Waals surface area contributed by atoms with Crippen LogP contribution in [-0.2, 0) is 4.79 Å². The minimum absolute atomic E-state index is 0.0595. The average Bonchev–Trinajstić information content (AvgIpc) is 2.26. The standard InChI is InChI=1S/C11H10Br2ClNO/c12-8-2-1-5-15(11(8)16)7-3-4-10(14)9(13)6-7/h3-4,6,8H,1-2,5H2. The maximum atomic E-state index is 12.0. The highest BCUT2D eigenvalue weighted by atomic mass is 79.9. The molecule has 1 amide bonds. The number of rotatable bonds is 1. The summed E-state index contributed by atoms with van der Waals surface area (Å²) in [4.78, 5) is 13.7. The molecule has 2 nitrogen and oxygen atoms in total. The summed E-state index contributed by atoms with van der Waals surface area (Å²) in [5.41, 5.74) is 0.894. The van der Waals surface area contributed by atoms with Crippen LogP contribution in [0.2, 0.25) is 5.02 Å². The first-order valence-electron chi connectivity index (χ1n) is 5.00. The summed E-state index contributed by atoms with van der Waals surface area (Å²) in [5, 5.41) is 0.656. The number of halogens is 3. The molecule has 86 valence electrons. The molecular weight excluding hydrogens is 357 g/mol. The van der Waals surface area contributed by atoms with Gasteiger partial charge in [-0.15, -0.1) is 0 Å². The van der Waals surface area contributed by atoms with Crippen LogP contribution in [0.15, 0.2) is 22.7 Å². The lowest BCUT2D eigenvalue weighted by Crippen LogP contribution is -2.41. The molecule has 1 saturated heterocycles. The molecule has 0 N–H and O–H groups in total. The van der Waals surface area contributed by atoms with E-state index >= 15 is 0 Å². The Bertz CT molecular complexity index is 424. The quantitative estimate of drug-likeness (QED) is 0.687. The third-order valence-corrected chi connectivity index (χ3v) is 4.65. The number of alkyl halides is 1. The fraction of sp³-hybridized carbons (Fsp3) is 0.364. The largest absolute Gasteiger partial charge is 0.311 e. The fourth-order valence-corrected chi connectivity index (χ4v) is 2.80. The van der Waals surface area contributed by atoms with Crippen molar-refractivity contribution in [1.29, 1.82) is 0 Å². The third-order valence-electron chi connectivity index (χ3n) is 2.59. The molecule has 0 bridgehead atoms. The number of carbonyl (C=O) groups is 1. The van der Waals surface area contributed by atoms with Crippen LogP contribution in [0, 0.1) is 0 Å². The molecule has 2 rings (SSSR count). The molecule has 1 aromatic rings. The fourth-order valence-electron chi connectivity index (χ4n) is 1.74. The van der Waals surface area contributed by atoms with Crippen LogP contribution >= 0.6 is 43.5 Å². The minimum atomic E-state index is -0.0595. The molecule has 16 heavy (non-hydrogen) atoms. The van der Waals surface area contributed by atoms with Crippen molar-refractivity contribution in [3.8, 4) is 0 Å². The Hall–Kier alpha value is -0.0600. The number of carbonyl (C=O) groups excluding carboxylic acids is 1. The normalized spacial score (nSPS) is 21.3. The maximum Gasteiger partial charge on any atom is 0.240 e. The maximum absolute atomic E-state index is 12.0. The van der Waals surface area contributed by atoms with Crippen LogP contribution in [0.3, 0.4) is 0 Å². The second-order valence-electron chi connectivity index (χ2n) is 3.70. The summed E-state index contributed by atoms with van der Waals surface area (Å²) in [7, 11) is 0. The van der Waals surface area contributed by atoms with Gasteiger partial charge in [0.2, 0.25) is 5.91 Å². The minimum Gasteiger partial charge on any atom is -0.311 e. The smallest absolute Gasteiger partial charge is 0.240 e. The number of nitrogens with zero attached hydrogens (tertiary/aromatic N) is 1. The van der Waals surface area contributed by atoms with Crippen LogP contribution in [-0.4, -0.2) is 17.3 Å². The van der Waals surface area contributed by atoms with Crippen LogP contribution in [0.25, 0.3) is 0 Å². The van der Waals surface area contributed by atoms with Gasteiger partial charge in [0.15, 0.2) is 0 Å². The summed E-state index contributed by atoms with van der Waals surface area (Å²) in [6.07, 6.45) is 1.92. The van der Waals surface area contributed by atoms with Crippen molar-refractivity contribution in [2.75, 3.05) is 11.4 Å². The zero-order chi connectivity index (χ0) is 11.7. The predicted molar refractivity (Wildman–Crippen MR) is 73.5 cm³/mol. The lowest BCUT2D eigenvalue weighted by Gasteiger charge is -2.30. The first kappa shape index (κ1) is 12.4. The van der Waals surface area contributed by atoms with E-state index in [1.54, 1.807) is 11.0 Å². The molecule has 1 heterocycles. The summed E-state index contributed by atoms with van der Waals surface area (Å²) >= 11 is 12.7. The van der Waals surface area contributed by atoms with Gasteiger partial charge in [-0.2, -0.15) is 0 Å². The van der Waals surface area contributed by atoms with Crippen molar-refractivity contribution in [3.63, 3.8) is 0 Å². The van der Waals surface area contributed by atoms with Crippen LogP contribution in [0.1, 0.15) is 12.8 Å². The van der Waals surface area contributed by atoms with E-state index in [1.165, 1.54) is 0 Å². The number of benzene rings is 1. The molecule has 0 saturated carbocycles. The molecule has 0 radical (unpaired) electrons. The third kappa shape index (κ3) is 2.44. The van der Waals surface area contributed by atoms with Gasteiger partial charge in [0.25, 0.3) is 0 Å². The second kappa shape index (κ2) is 5.07. The van der Waals surface area contributed by atoms with Crippen molar-refractivity contribution < 1.29 is 4.79 Å². The predicted octanol–water partition coefficient (Wildman–Crippen LogP) is 3.99. The average molecular weight is 367 g/mol. The molecule has 0 aromatic heterocycles. The Morgan fingerprint density at radius 3 is 2.88 bits per heavy atom. The van der Waals surface area contributed by atoms with E-state index < -0.39 is 0 Å². The highest BCUT2D eigenvalue weighted by molar-refractivity contribution is 9.10. The summed E-state index contributed by atoms with van der Waals surface area (Å²) in [5.74, 6) is 0.125. The summed E-state index contributed by atoms with van der Waals surface area (Å²) in [6, 6.07) is 5.55. The number of hydrogen-bond acceptors (Lipinski definition) is 1. The summed E-state index contributed by atoms with van der Waals surface area (Å²) in [6.45, 7) is 0.773. The van der Waals surface area contributed by atoms with E-state index in [2.05, 4.69) is 31.9 Å². The molecule has 1 aromatic carbocycles. The zero-order valence-corrected chi connectivity index (χ0v) is 12.3. The van der Waals surface area contributed by atoms with Crippen LogP contribution in [0.5, 0.6) is 0 Å². The van der Waals surface area contributed by atoms with Crippen molar-refractivity contribution in [2.45, 2.75) is 17.7 Å². The van der Waals surface area contributed by atoms with E-state index in [1.807, 2.05) is 12.1 Å². The van der Waals surface area contributed by atoms with Gasteiger partial charge in [-0.1, -0.05) is 27.5 Å². The van der Waals surface area contributed by atoms with Gasteiger partial charge in [-0.05, 0) is 47.0 Å². The van der Waals surface area contributed by atoms with Gasteiger partial charge in [-0.3, -0.25) is 4.79 Å². The lowest BCUT2D eigenvalue weighted by molar-refractivity contribution is -0.118. The lowest BCUT2D eigenvalue weighted by atomic mass is 10.1. The van der Waals surface area contributed by atoms with Crippen molar-refractivity contribution in [2.24, 2.45) is 0 Å². The monoisotopic (exact) mass is 365 g/mol. The van der Waals surface area contributed by atoms with Gasteiger partial charge >= 0.3 is 0 Å². The first-order valence-corrected chi connectivity index (χ1v) is 7.09. The van der Waals surface area contributed by atoms with Gasteiger partial charge in [0.05, 0.1) is 9.85 Å². The Morgan fingerprint density at radius 2 is 2.19 bits per heavy atom. The number of amides is 1. The van der Waals surface area contributed by atoms with E-state index in [9.17, 15) is 4.79 Å². The summed E-state index contributed by atoms with van der Waals surface area (Å²) < 4.78 is 0.816. The Balaban J connectivity index is 2.29. The van der Waals surface area contributed by atoms with Gasteiger partial charge in [0.1, 0.15) is 0 Å². The van der Waals surface area contributed by atoms with Crippen LogP contribution < -0.4 is 4.90 Å². The molecule has 1 aliphatic heterocycles. The van der Waals surface area contributed by atoms with E-state index in [0.29, 0.717) is 5.02 Å². The van der Waals surface area contributed by atoms with E-state index in [0.717, 1.165) is 29.5 Å².